The number of hydrogen-bond acceptors (Lipinski definition) is 0. The highest BCUT2D eigenvalue weighted by Gasteiger charge is 2.22. The van der Waals surface area contributed by atoms with Crippen molar-refractivity contribution >= 4 is 5.57 Å². The highest BCUT2D eigenvalue weighted by atomic mass is 14.3. The Morgan fingerprint density at radius 3 is 2.15 bits per heavy atom. The largest absolute Gasteiger partial charge is 0.0804 e. The molecule has 0 radical (unpaired) electrons. The van der Waals surface area contributed by atoms with E-state index in [4.69, 9.17) is 0 Å². The third kappa shape index (κ3) is 5.48. The minimum Gasteiger partial charge on any atom is -0.0804 e. The molecule has 1 aromatic carbocycles. The van der Waals surface area contributed by atoms with E-state index in [-0.39, 0.29) is 0 Å². The summed E-state index contributed by atoms with van der Waals surface area (Å²) in [5.41, 5.74) is 4.68. The molecule has 0 saturated heterocycles. The Hall–Kier alpha value is -1.04. The van der Waals surface area contributed by atoms with E-state index in [1.165, 1.54) is 89.0 Å². The fraction of sp³-hybridized carbons (Fsp3) is 0.692. The van der Waals surface area contributed by atoms with Crippen molar-refractivity contribution in [1.29, 1.82) is 0 Å². The minimum absolute atomic E-state index is 0.820. The Kier molecular flexibility index (Phi) is 7.84. The smallest absolute Gasteiger partial charge is 0.0162 e. The van der Waals surface area contributed by atoms with Crippen LogP contribution in [0.5, 0.6) is 0 Å². The molecule has 26 heavy (non-hydrogen) atoms. The van der Waals surface area contributed by atoms with Crippen LogP contribution >= 0.6 is 0 Å². The van der Waals surface area contributed by atoms with Crippen molar-refractivity contribution in [3.63, 3.8) is 0 Å². The van der Waals surface area contributed by atoms with Gasteiger partial charge in [-0.25, -0.2) is 0 Å². The van der Waals surface area contributed by atoms with Crippen LogP contribution in [0.2, 0.25) is 0 Å². The predicted molar refractivity (Wildman–Crippen MR) is 116 cm³/mol. The van der Waals surface area contributed by atoms with Gasteiger partial charge in [-0.05, 0) is 79.4 Å². The molecule has 0 aliphatic heterocycles. The Morgan fingerprint density at radius 2 is 1.54 bits per heavy atom. The van der Waals surface area contributed by atoms with Crippen LogP contribution in [0.1, 0.15) is 114 Å². The van der Waals surface area contributed by atoms with Crippen molar-refractivity contribution in [2.75, 3.05) is 0 Å². The first kappa shape index (κ1) is 19.7. The Balaban J connectivity index is 1.49. The Bertz CT molecular complexity index is 542. The summed E-state index contributed by atoms with van der Waals surface area (Å²) in [5, 5.41) is 0. The summed E-state index contributed by atoms with van der Waals surface area (Å²) in [6.07, 6.45) is 20.7. The summed E-state index contributed by atoms with van der Waals surface area (Å²) in [4.78, 5) is 0. The molecule has 0 N–H and O–H groups in total. The topological polar surface area (TPSA) is 0 Å². The molecule has 1 unspecified atom stereocenters. The number of allylic oxidation sites excluding steroid dienone is 2. The molecule has 1 aromatic rings. The van der Waals surface area contributed by atoms with Crippen LogP contribution in [0.4, 0.5) is 0 Å². The number of unbranched alkanes of at least 4 members (excludes halogenated alkanes) is 2. The molecule has 1 saturated carbocycles. The van der Waals surface area contributed by atoms with Gasteiger partial charge in [-0.3, -0.25) is 0 Å². The van der Waals surface area contributed by atoms with E-state index in [9.17, 15) is 0 Å². The van der Waals surface area contributed by atoms with Gasteiger partial charge in [0, 0.05) is 0 Å². The lowest BCUT2D eigenvalue weighted by molar-refractivity contribution is 0.303. The molecule has 2 aliphatic carbocycles. The monoisotopic (exact) mass is 352 g/mol. The van der Waals surface area contributed by atoms with Crippen molar-refractivity contribution in [1.82, 2.24) is 0 Å². The lowest BCUT2D eigenvalue weighted by Crippen LogP contribution is -2.13. The van der Waals surface area contributed by atoms with Crippen LogP contribution in [0.15, 0.2) is 30.3 Å². The van der Waals surface area contributed by atoms with Gasteiger partial charge < -0.3 is 0 Å². The molecular formula is C26H40. The summed E-state index contributed by atoms with van der Waals surface area (Å²) < 4.78 is 0. The van der Waals surface area contributed by atoms with E-state index >= 15 is 0 Å². The Labute approximate surface area is 162 Å². The lowest BCUT2D eigenvalue weighted by atomic mass is 9.76. The molecule has 1 fully saturated rings. The maximum atomic E-state index is 2.53. The van der Waals surface area contributed by atoms with Gasteiger partial charge >= 0.3 is 0 Å². The zero-order chi connectivity index (χ0) is 18.2. The van der Waals surface area contributed by atoms with Crippen molar-refractivity contribution in [2.24, 2.45) is 11.8 Å². The van der Waals surface area contributed by atoms with E-state index in [1.54, 1.807) is 11.1 Å². The fourth-order valence-corrected chi connectivity index (χ4v) is 5.26. The summed E-state index contributed by atoms with van der Waals surface area (Å²) >= 11 is 0. The molecule has 0 heterocycles. The van der Waals surface area contributed by atoms with Crippen molar-refractivity contribution < 1.29 is 0 Å². The van der Waals surface area contributed by atoms with Crippen LogP contribution in [0.3, 0.4) is 0 Å². The van der Waals surface area contributed by atoms with Gasteiger partial charge in [-0.2, -0.15) is 0 Å². The number of hydrogen-bond donors (Lipinski definition) is 0. The second kappa shape index (κ2) is 10.3. The van der Waals surface area contributed by atoms with E-state index in [2.05, 4.69) is 44.2 Å². The fourth-order valence-electron chi connectivity index (χ4n) is 5.26. The van der Waals surface area contributed by atoms with Crippen molar-refractivity contribution in [2.45, 2.75) is 103 Å². The van der Waals surface area contributed by atoms with E-state index < -0.39 is 0 Å². The van der Waals surface area contributed by atoms with Gasteiger partial charge in [0.2, 0.25) is 0 Å². The molecule has 144 valence electrons. The molecule has 0 amide bonds. The molecule has 2 aliphatic rings. The van der Waals surface area contributed by atoms with Gasteiger partial charge in [-0.15, -0.1) is 0 Å². The van der Waals surface area contributed by atoms with E-state index in [0.717, 1.165) is 17.8 Å². The maximum Gasteiger partial charge on any atom is -0.0162 e. The van der Waals surface area contributed by atoms with Crippen LogP contribution < -0.4 is 0 Å². The van der Waals surface area contributed by atoms with Crippen LogP contribution in [-0.4, -0.2) is 0 Å². The number of benzene rings is 1. The first-order chi connectivity index (χ1) is 12.8. The highest BCUT2D eigenvalue weighted by molar-refractivity contribution is 5.66. The third-order valence-corrected chi connectivity index (χ3v) is 7.03. The quantitative estimate of drug-likeness (QED) is 0.411. The van der Waals surface area contributed by atoms with E-state index in [1.807, 2.05) is 0 Å². The van der Waals surface area contributed by atoms with Gasteiger partial charge in [0.25, 0.3) is 0 Å². The standard InChI is InChI=1S/C26H40/c1-3-5-6-8-22-11-15-24(16-12-22)26-19-17-25(18-20-26)23-13-9-21(7-4-2)10-14-23/h13,17-22,24H,3-12,14-16H2,1-2H3. The molecule has 0 heteroatoms. The van der Waals surface area contributed by atoms with Crippen molar-refractivity contribution in [3.05, 3.63) is 41.5 Å². The summed E-state index contributed by atoms with van der Waals surface area (Å²) in [6.45, 7) is 4.63. The first-order valence-electron chi connectivity index (χ1n) is 11.6. The molecule has 0 aromatic heterocycles. The number of rotatable bonds is 8. The SMILES string of the molecule is CCCCCC1CCC(c2ccc(C3=CCC(CCC)CC3)cc2)CC1. The van der Waals surface area contributed by atoms with E-state index in [0.29, 0.717) is 0 Å². The average molecular weight is 353 g/mol. The van der Waals surface area contributed by atoms with Crippen LogP contribution in [0.25, 0.3) is 5.57 Å². The average Bonchev–Trinajstić information content (AvgIpc) is 2.70. The molecule has 3 rings (SSSR count). The molecule has 0 spiro atoms. The zero-order valence-electron chi connectivity index (χ0n) is 17.3. The van der Waals surface area contributed by atoms with Crippen LogP contribution in [0, 0.1) is 11.8 Å². The summed E-state index contributed by atoms with van der Waals surface area (Å²) in [5.74, 6) is 2.77. The second-order valence-electron chi connectivity index (χ2n) is 8.99. The van der Waals surface area contributed by atoms with Gasteiger partial charge in [0.15, 0.2) is 0 Å². The normalized spacial score (nSPS) is 26.5. The van der Waals surface area contributed by atoms with Gasteiger partial charge in [0.1, 0.15) is 0 Å². The first-order valence-corrected chi connectivity index (χ1v) is 11.6. The second-order valence-corrected chi connectivity index (χ2v) is 8.99. The third-order valence-electron chi connectivity index (χ3n) is 7.03. The van der Waals surface area contributed by atoms with Crippen molar-refractivity contribution in [3.8, 4) is 0 Å². The van der Waals surface area contributed by atoms with Gasteiger partial charge in [-0.1, -0.05) is 82.7 Å². The summed E-state index contributed by atoms with van der Waals surface area (Å²) in [7, 11) is 0. The maximum absolute atomic E-state index is 2.53. The highest BCUT2D eigenvalue weighted by Crippen LogP contribution is 2.38. The molecule has 1 atom stereocenters. The molecule has 0 bridgehead atoms. The predicted octanol–water partition coefficient (Wildman–Crippen LogP) is 8.52. The molecule has 0 nitrogen and oxygen atoms in total. The molecular weight excluding hydrogens is 312 g/mol. The Morgan fingerprint density at radius 1 is 0.769 bits per heavy atom. The van der Waals surface area contributed by atoms with Gasteiger partial charge in [0.05, 0.1) is 0 Å². The zero-order valence-corrected chi connectivity index (χ0v) is 17.3. The summed E-state index contributed by atoms with van der Waals surface area (Å²) in [6, 6.07) is 9.70. The lowest BCUT2D eigenvalue weighted by Gasteiger charge is -2.29. The van der Waals surface area contributed by atoms with Crippen LogP contribution in [-0.2, 0) is 0 Å². The minimum atomic E-state index is 0.820.